The molecule has 3 aliphatic heterocycles. The topological polar surface area (TPSA) is 78.2 Å². The van der Waals surface area contributed by atoms with Crippen LogP contribution in [-0.2, 0) is 21.4 Å². The van der Waals surface area contributed by atoms with Gasteiger partial charge in [0.2, 0.25) is 5.91 Å². The molecule has 1 aliphatic carbocycles. The Kier molecular flexibility index (Phi) is 6.65. The molecule has 2 saturated heterocycles. The molecule has 2 aromatic heterocycles. The number of hydrogen-bond donors (Lipinski definition) is 1. The minimum absolute atomic E-state index is 0.117. The molecule has 5 heterocycles. The number of aromatic nitrogens is 3. The molecule has 1 spiro atoms. The van der Waals surface area contributed by atoms with Gasteiger partial charge in [0.1, 0.15) is 12.1 Å². The lowest BCUT2D eigenvalue weighted by atomic mass is 9.90. The number of fused-ring (bicyclic) bond motifs is 3. The summed E-state index contributed by atoms with van der Waals surface area (Å²) in [7, 11) is 0. The summed E-state index contributed by atoms with van der Waals surface area (Å²) in [6, 6.07) is 9.27. The maximum atomic E-state index is 14.2. The Morgan fingerprint density at radius 2 is 2.02 bits per heavy atom. The Balaban J connectivity index is 1.16. The van der Waals surface area contributed by atoms with Gasteiger partial charge in [-0.3, -0.25) is 14.6 Å². The molecule has 3 fully saturated rings. The third-order valence-corrected chi connectivity index (χ3v) is 9.56. The number of nitrogens with one attached hydrogen (secondary N) is 1. The first-order valence-electron chi connectivity index (χ1n) is 14.9. The fraction of sp³-hybridized carbons (Fsp3) is 0.581. The molecular weight excluding hydrogens is 521 g/mol. The number of halogens is 1. The van der Waals surface area contributed by atoms with E-state index in [0.717, 1.165) is 67.5 Å². The van der Waals surface area contributed by atoms with Gasteiger partial charge in [-0.15, -0.1) is 0 Å². The molecule has 7 rings (SSSR count). The van der Waals surface area contributed by atoms with Crippen molar-refractivity contribution in [3.8, 4) is 0 Å². The van der Waals surface area contributed by atoms with Crippen LogP contribution in [0, 0.1) is 5.82 Å². The molecule has 1 saturated carbocycles. The van der Waals surface area contributed by atoms with Crippen LogP contribution in [0.3, 0.4) is 0 Å². The van der Waals surface area contributed by atoms with E-state index < -0.39 is 0 Å². The fourth-order valence-electron chi connectivity index (χ4n) is 7.17. The highest BCUT2D eigenvalue weighted by molar-refractivity contribution is 5.97. The first-order valence-corrected chi connectivity index (χ1v) is 14.9. The Morgan fingerprint density at radius 3 is 2.80 bits per heavy atom. The van der Waals surface area contributed by atoms with Crippen LogP contribution < -0.4 is 10.2 Å². The van der Waals surface area contributed by atoms with Gasteiger partial charge in [-0.2, -0.15) is 5.10 Å². The number of amides is 1. The number of piperazine rings is 1. The Morgan fingerprint density at radius 1 is 1.22 bits per heavy atom. The molecule has 218 valence electrons. The summed E-state index contributed by atoms with van der Waals surface area (Å²) in [6.07, 6.45) is 4.57. The van der Waals surface area contributed by atoms with E-state index >= 15 is 0 Å². The number of carbonyl (C=O) groups is 1. The van der Waals surface area contributed by atoms with E-state index in [-0.39, 0.29) is 28.7 Å². The van der Waals surface area contributed by atoms with Crippen molar-refractivity contribution in [1.82, 2.24) is 29.7 Å². The summed E-state index contributed by atoms with van der Waals surface area (Å²) in [6.45, 7) is 12.8. The largest absolute Gasteiger partial charge is 0.378 e. The summed E-state index contributed by atoms with van der Waals surface area (Å²) in [4.78, 5) is 25.7. The standard InChI is InChI=1S/C31H40FN7O2/c1-21-15-36(25(14-33-21)16-37-10-11-41-19-31(37)8-9-31)17-27(40)38-18-30(2,3)28-26(38)13-23(29-34-20-35-39(28)29)12-22-4-6-24(32)7-5-22/h4-7,13,20-21,25,33H,8-12,14-19H2,1-3H3/t21-,25-/m1/s1. The number of benzene rings is 1. The van der Waals surface area contributed by atoms with E-state index in [0.29, 0.717) is 25.6 Å². The third-order valence-electron chi connectivity index (χ3n) is 9.56. The van der Waals surface area contributed by atoms with Crippen molar-refractivity contribution >= 4 is 17.2 Å². The molecule has 2 atom stereocenters. The summed E-state index contributed by atoms with van der Waals surface area (Å²) in [5.41, 5.74) is 4.59. The van der Waals surface area contributed by atoms with Gasteiger partial charge < -0.3 is 15.0 Å². The number of rotatable bonds is 6. The fourth-order valence-corrected chi connectivity index (χ4v) is 7.17. The normalized spacial score (nSPS) is 25.6. The molecule has 9 nitrogen and oxygen atoms in total. The lowest BCUT2D eigenvalue weighted by molar-refractivity contribution is -0.121. The van der Waals surface area contributed by atoms with Crippen LogP contribution in [0.1, 0.15) is 50.4 Å². The summed E-state index contributed by atoms with van der Waals surface area (Å²) in [5, 5.41) is 8.25. The molecule has 1 aromatic carbocycles. The highest BCUT2D eigenvalue weighted by atomic mass is 19.1. The zero-order chi connectivity index (χ0) is 28.4. The molecule has 10 heteroatoms. The van der Waals surface area contributed by atoms with Crippen molar-refractivity contribution < 1.29 is 13.9 Å². The van der Waals surface area contributed by atoms with Gasteiger partial charge in [-0.05, 0) is 43.5 Å². The monoisotopic (exact) mass is 561 g/mol. The Bertz CT molecular complexity index is 1450. The Labute approximate surface area is 240 Å². The highest BCUT2D eigenvalue weighted by Gasteiger charge is 2.51. The number of morpholine rings is 1. The molecule has 0 unspecified atom stereocenters. The predicted octanol–water partition coefficient (Wildman–Crippen LogP) is 2.61. The average molecular weight is 562 g/mol. The molecule has 4 aliphatic rings. The third kappa shape index (κ3) is 4.94. The summed E-state index contributed by atoms with van der Waals surface area (Å²) >= 11 is 0. The number of carbonyl (C=O) groups excluding carboxylic acids is 1. The quantitative estimate of drug-likeness (QED) is 0.496. The minimum atomic E-state index is -0.284. The summed E-state index contributed by atoms with van der Waals surface area (Å²) < 4.78 is 21.3. The number of hydrogen-bond acceptors (Lipinski definition) is 7. The second-order valence-electron chi connectivity index (χ2n) is 13.2. The zero-order valence-corrected chi connectivity index (χ0v) is 24.3. The van der Waals surface area contributed by atoms with Crippen LogP contribution in [0.25, 0.3) is 5.65 Å². The van der Waals surface area contributed by atoms with E-state index in [4.69, 9.17) is 4.74 Å². The number of ether oxygens (including phenoxy) is 1. The smallest absolute Gasteiger partial charge is 0.241 e. The first kappa shape index (κ1) is 26.9. The van der Waals surface area contributed by atoms with Crippen molar-refractivity contribution in [2.45, 2.75) is 63.1 Å². The molecule has 1 amide bonds. The molecular formula is C31H40FN7O2. The second-order valence-corrected chi connectivity index (χ2v) is 13.2. The van der Waals surface area contributed by atoms with Gasteiger partial charge in [0.05, 0.1) is 31.1 Å². The minimum Gasteiger partial charge on any atom is -0.378 e. The molecule has 0 bridgehead atoms. The first-order chi connectivity index (χ1) is 19.7. The molecule has 3 aromatic rings. The van der Waals surface area contributed by atoms with Crippen molar-refractivity contribution in [3.63, 3.8) is 0 Å². The van der Waals surface area contributed by atoms with Crippen LogP contribution in [0.2, 0.25) is 0 Å². The summed E-state index contributed by atoms with van der Waals surface area (Å²) in [5.74, 6) is -0.137. The van der Waals surface area contributed by atoms with Crippen molar-refractivity contribution in [3.05, 3.63) is 59.3 Å². The maximum Gasteiger partial charge on any atom is 0.241 e. The van der Waals surface area contributed by atoms with Crippen LogP contribution in [0.15, 0.2) is 36.7 Å². The Hall–Kier alpha value is -2.92. The predicted molar refractivity (Wildman–Crippen MR) is 155 cm³/mol. The average Bonchev–Trinajstić information content (AvgIpc) is 3.42. The lowest BCUT2D eigenvalue weighted by Gasteiger charge is -2.44. The van der Waals surface area contributed by atoms with Gasteiger partial charge in [0.15, 0.2) is 5.65 Å². The van der Waals surface area contributed by atoms with E-state index in [1.807, 2.05) is 9.42 Å². The zero-order valence-electron chi connectivity index (χ0n) is 24.3. The highest BCUT2D eigenvalue weighted by Crippen LogP contribution is 2.44. The number of pyridine rings is 1. The SMILES string of the molecule is C[C@@H]1CN(CC(=O)N2CC(C)(C)c3c2cc(Cc2ccc(F)cc2)c2ncnn32)[C@@H](CN2CCOCC23CC3)CN1. The molecule has 1 N–H and O–H groups in total. The van der Waals surface area contributed by atoms with E-state index in [9.17, 15) is 9.18 Å². The van der Waals surface area contributed by atoms with Crippen molar-refractivity contribution in [2.24, 2.45) is 0 Å². The van der Waals surface area contributed by atoms with Crippen LogP contribution >= 0.6 is 0 Å². The number of anilines is 1. The van der Waals surface area contributed by atoms with E-state index in [1.165, 1.54) is 25.0 Å². The van der Waals surface area contributed by atoms with E-state index in [2.05, 4.69) is 52.0 Å². The van der Waals surface area contributed by atoms with Crippen LogP contribution in [-0.4, -0.2) is 100 Å². The lowest BCUT2D eigenvalue weighted by Crippen LogP contribution is -2.62. The molecule has 0 radical (unpaired) electrons. The van der Waals surface area contributed by atoms with Crippen molar-refractivity contribution in [2.75, 3.05) is 57.4 Å². The maximum absolute atomic E-state index is 14.2. The van der Waals surface area contributed by atoms with Crippen molar-refractivity contribution in [1.29, 1.82) is 0 Å². The van der Waals surface area contributed by atoms with Crippen LogP contribution in [0.5, 0.6) is 0 Å². The second kappa shape index (κ2) is 10.1. The van der Waals surface area contributed by atoms with E-state index in [1.54, 1.807) is 18.5 Å². The van der Waals surface area contributed by atoms with Gasteiger partial charge in [-0.1, -0.05) is 26.0 Å². The van der Waals surface area contributed by atoms with Gasteiger partial charge >= 0.3 is 0 Å². The van der Waals surface area contributed by atoms with Crippen LogP contribution in [0.4, 0.5) is 10.1 Å². The van der Waals surface area contributed by atoms with Gasteiger partial charge in [0.25, 0.3) is 0 Å². The molecule has 41 heavy (non-hydrogen) atoms. The van der Waals surface area contributed by atoms with Gasteiger partial charge in [-0.25, -0.2) is 13.9 Å². The number of nitrogens with zero attached hydrogens (tertiary/aromatic N) is 6. The van der Waals surface area contributed by atoms with Gasteiger partial charge in [0, 0.05) is 67.7 Å².